The van der Waals surface area contributed by atoms with Crippen molar-refractivity contribution in [3.8, 4) is 11.3 Å². The lowest BCUT2D eigenvalue weighted by molar-refractivity contribution is -0.141. The molecule has 8 rings (SSSR count). The zero-order chi connectivity index (χ0) is 29.0. The summed E-state index contributed by atoms with van der Waals surface area (Å²) >= 11 is 1.29. The lowest BCUT2D eigenvalue weighted by Gasteiger charge is -2.46. The predicted octanol–water partition coefficient (Wildman–Crippen LogP) is 4.19. The first-order valence-electron chi connectivity index (χ1n) is 13.9. The standard InChI is InChI=1S/C29H30F3N5O3S/c1-13-8-19(29(30,31)32)35-23(20(13)25(38)36-11-14-4-5-15(36)10-34-14)17-6-7-33-18-9-16(41-24(17)18)12-37-26(39)21-22(27(37)40)28(21,2)3/h6-9,14-15,21-22,26,34,39H,4-5,10-12H2,1-3H3. The molecule has 8 nitrogen and oxygen atoms in total. The first kappa shape index (κ1) is 26.8. The monoisotopic (exact) mass is 585 g/mol. The van der Waals surface area contributed by atoms with Crippen LogP contribution in [0, 0.1) is 24.2 Å². The van der Waals surface area contributed by atoms with E-state index < -0.39 is 18.1 Å². The lowest BCUT2D eigenvalue weighted by atomic mass is 9.91. The average molecular weight is 586 g/mol. The summed E-state index contributed by atoms with van der Waals surface area (Å²) in [5.74, 6) is -0.716. The number of pyridine rings is 2. The molecule has 12 heteroatoms. The number of aliphatic hydroxyl groups excluding tert-OH is 1. The molecule has 5 fully saturated rings. The Kier molecular flexibility index (Phi) is 5.85. The van der Waals surface area contributed by atoms with Crippen molar-refractivity contribution >= 4 is 33.4 Å². The van der Waals surface area contributed by atoms with E-state index in [9.17, 15) is 27.9 Å². The molecule has 41 heavy (non-hydrogen) atoms. The maximum absolute atomic E-state index is 14.0. The predicted molar refractivity (Wildman–Crippen MR) is 146 cm³/mol. The molecule has 1 aliphatic carbocycles. The Morgan fingerprint density at radius 1 is 1.27 bits per heavy atom. The summed E-state index contributed by atoms with van der Waals surface area (Å²) < 4.78 is 42.4. The number of aryl methyl sites for hydroxylation is 1. The molecular formula is C29H30F3N5O3S. The maximum atomic E-state index is 14.0. The number of hydrogen-bond donors (Lipinski definition) is 2. The second-order valence-electron chi connectivity index (χ2n) is 12.3. The summed E-state index contributed by atoms with van der Waals surface area (Å²) in [6.07, 6.45) is -2.27. The summed E-state index contributed by atoms with van der Waals surface area (Å²) in [5, 5.41) is 14.2. The van der Waals surface area contributed by atoms with Gasteiger partial charge in [0.2, 0.25) is 5.91 Å². The minimum atomic E-state index is -4.69. The number of nitrogens with one attached hydrogen (secondary N) is 1. The fourth-order valence-corrected chi connectivity index (χ4v) is 8.31. The topological polar surface area (TPSA) is 98.7 Å². The van der Waals surface area contributed by atoms with Crippen LogP contribution in [0.25, 0.3) is 21.5 Å². The van der Waals surface area contributed by atoms with Gasteiger partial charge in [-0.15, -0.1) is 11.3 Å². The number of alkyl halides is 3. The fraction of sp³-hybridized carbons (Fsp3) is 0.517. The minimum absolute atomic E-state index is 0.0159. The van der Waals surface area contributed by atoms with Crippen LogP contribution in [0.15, 0.2) is 24.4 Å². The van der Waals surface area contributed by atoms with Crippen molar-refractivity contribution < 1.29 is 27.9 Å². The van der Waals surface area contributed by atoms with Gasteiger partial charge in [-0.25, -0.2) is 4.98 Å². The van der Waals surface area contributed by atoms with Gasteiger partial charge in [0.15, 0.2) is 0 Å². The lowest BCUT2D eigenvalue weighted by Crippen LogP contribution is -2.62. The normalized spacial score (nSPS) is 28.5. The third-order valence-corrected chi connectivity index (χ3v) is 10.6. The second-order valence-corrected chi connectivity index (χ2v) is 13.5. The van der Waals surface area contributed by atoms with Gasteiger partial charge in [-0.05, 0) is 48.9 Å². The van der Waals surface area contributed by atoms with Crippen molar-refractivity contribution in [2.45, 2.75) is 64.6 Å². The van der Waals surface area contributed by atoms with E-state index in [1.807, 2.05) is 13.8 Å². The number of carbonyl (C=O) groups is 2. The van der Waals surface area contributed by atoms with E-state index in [1.165, 1.54) is 29.4 Å². The maximum Gasteiger partial charge on any atom is 0.433 e. The zero-order valence-electron chi connectivity index (χ0n) is 22.8. The number of hydrogen-bond acceptors (Lipinski definition) is 7. The Balaban J connectivity index is 1.30. The van der Waals surface area contributed by atoms with Gasteiger partial charge in [0, 0.05) is 47.7 Å². The van der Waals surface area contributed by atoms with E-state index >= 15 is 0 Å². The number of likely N-dealkylation sites (tertiary alicyclic amines) is 1. The van der Waals surface area contributed by atoms with E-state index in [4.69, 9.17) is 0 Å². The summed E-state index contributed by atoms with van der Waals surface area (Å²) in [6.45, 7) is 6.82. The van der Waals surface area contributed by atoms with Crippen LogP contribution in [-0.2, 0) is 17.5 Å². The number of thiophene rings is 1. The van der Waals surface area contributed by atoms with Crippen molar-refractivity contribution in [2.75, 3.05) is 13.1 Å². The van der Waals surface area contributed by atoms with E-state index in [-0.39, 0.29) is 64.5 Å². The summed E-state index contributed by atoms with van der Waals surface area (Å²) in [6, 6.07) is 4.48. The molecule has 7 heterocycles. The highest BCUT2D eigenvalue weighted by atomic mass is 32.1. The molecule has 216 valence electrons. The number of rotatable bonds is 4. The van der Waals surface area contributed by atoms with Gasteiger partial charge in [0.05, 0.1) is 33.9 Å². The highest BCUT2D eigenvalue weighted by Gasteiger charge is 2.71. The van der Waals surface area contributed by atoms with Crippen LogP contribution in [-0.4, -0.2) is 68.1 Å². The van der Waals surface area contributed by atoms with Crippen LogP contribution in [0.2, 0.25) is 0 Å². The molecule has 5 atom stereocenters. The number of aliphatic hydroxyl groups is 1. The van der Waals surface area contributed by atoms with Crippen molar-refractivity contribution in [1.29, 1.82) is 0 Å². The number of halogens is 3. The highest BCUT2D eigenvalue weighted by molar-refractivity contribution is 7.19. The molecule has 2 N–H and O–H groups in total. The summed E-state index contributed by atoms with van der Waals surface area (Å²) in [7, 11) is 0. The van der Waals surface area contributed by atoms with Gasteiger partial charge < -0.3 is 20.2 Å². The van der Waals surface area contributed by atoms with Crippen molar-refractivity contribution in [2.24, 2.45) is 17.3 Å². The molecule has 4 aliphatic heterocycles. The summed E-state index contributed by atoms with van der Waals surface area (Å²) in [4.78, 5) is 39.4. The zero-order valence-corrected chi connectivity index (χ0v) is 23.6. The number of aromatic nitrogens is 2. The molecule has 0 aromatic carbocycles. The van der Waals surface area contributed by atoms with Gasteiger partial charge in [-0.1, -0.05) is 13.8 Å². The second kappa shape index (κ2) is 8.95. The van der Waals surface area contributed by atoms with Crippen LogP contribution in [0.1, 0.15) is 53.2 Å². The quantitative estimate of drug-likeness (QED) is 0.477. The molecule has 5 aliphatic rings. The molecule has 4 saturated heterocycles. The number of piperazine rings is 1. The SMILES string of the molecule is Cc1cc(C(F)(F)F)nc(-c2ccnc3cc(CN4C(=O)C5C(C4O)C5(C)C)sc23)c1C(=O)N1CC2CCC1CN2. The largest absolute Gasteiger partial charge is 0.433 e. The van der Waals surface area contributed by atoms with Gasteiger partial charge >= 0.3 is 6.18 Å². The van der Waals surface area contributed by atoms with Crippen molar-refractivity contribution in [1.82, 2.24) is 25.1 Å². The van der Waals surface area contributed by atoms with E-state index in [0.29, 0.717) is 28.9 Å². The molecule has 1 saturated carbocycles. The third-order valence-electron chi connectivity index (χ3n) is 9.47. The number of amides is 2. The fourth-order valence-electron chi connectivity index (χ4n) is 7.18. The highest BCUT2D eigenvalue weighted by Crippen LogP contribution is 2.65. The van der Waals surface area contributed by atoms with Crippen LogP contribution in [0.3, 0.4) is 0 Å². The molecule has 2 bridgehead atoms. The van der Waals surface area contributed by atoms with E-state index in [2.05, 4.69) is 15.3 Å². The van der Waals surface area contributed by atoms with Gasteiger partial charge in [0.1, 0.15) is 11.9 Å². The number of piperidine rings is 3. The average Bonchev–Trinajstić information content (AvgIpc) is 3.17. The number of nitrogens with zero attached hydrogens (tertiary/aromatic N) is 4. The molecule has 5 unspecified atom stereocenters. The smallest absolute Gasteiger partial charge is 0.373 e. The number of carbonyl (C=O) groups excluding carboxylic acids is 2. The van der Waals surface area contributed by atoms with Crippen LogP contribution in [0.4, 0.5) is 13.2 Å². The van der Waals surface area contributed by atoms with Crippen molar-refractivity contribution in [3.63, 3.8) is 0 Å². The van der Waals surface area contributed by atoms with E-state index in [0.717, 1.165) is 23.8 Å². The Hall–Kier alpha value is -3.09. The molecule has 3 aromatic heterocycles. The Morgan fingerprint density at radius 3 is 2.66 bits per heavy atom. The van der Waals surface area contributed by atoms with Crippen LogP contribution in [0.5, 0.6) is 0 Å². The van der Waals surface area contributed by atoms with Crippen LogP contribution >= 0.6 is 11.3 Å². The van der Waals surface area contributed by atoms with Gasteiger partial charge in [-0.2, -0.15) is 13.2 Å². The van der Waals surface area contributed by atoms with Gasteiger partial charge in [0.25, 0.3) is 5.91 Å². The molecule has 0 radical (unpaired) electrons. The van der Waals surface area contributed by atoms with E-state index in [1.54, 1.807) is 17.0 Å². The third kappa shape index (κ3) is 4.09. The molecular weight excluding hydrogens is 555 g/mol. The minimum Gasteiger partial charge on any atom is -0.373 e. The van der Waals surface area contributed by atoms with Gasteiger partial charge in [-0.3, -0.25) is 14.6 Å². The first-order valence-corrected chi connectivity index (χ1v) is 14.7. The molecule has 0 spiro atoms. The molecule has 3 aromatic rings. The Labute approximate surface area is 238 Å². The van der Waals surface area contributed by atoms with Crippen molar-refractivity contribution in [3.05, 3.63) is 46.1 Å². The Morgan fingerprint density at radius 2 is 2.05 bits per heavy atom. The summed E-state index contributed by atoms with van der Waals surface area (Å²) in [5.41, 5.74) is 0.0148. The first-order chi connectivity index (χ1) is 19.4. The Bertz CT molecular complexity index is 1600. The molecule has 2 amide bonds. The van der Waals surface area contributed by atoms with Crippen LogP contribution < -0.4 is 5.32 Å². The number of fused-ring (bicyclic) bond motifs is 5.